The highest BCUT2D eigenvalue weighted by Gasteiger charge is 2.05. The van der Waals surface area contributed by atoms with Gasteiger partial charge in [-0.1, -0.05) is 42.0 Å². The molecule has 0 aliphatic rings. The molecule has 0 saturated carbocycles. The van der Waals surface area contributed by atoms with Crippen LogP contribution in [-0.4, -0.2) is 7.11 Å². The van der Waals surface area contributed by atoms with E-state index in [9.17, 15) is 0 Å². The zero-order valence-electron chi connectivity index (χ0n) is 12.7. The zero-order valence-corrected chi connectivity index (χ0v) is 12.7. The molecule has 0 saturated heterocycles. The summed E-state index contributed by atoms with van der Waals surface area (Å²) in [4.78, 5) is 0. The molecule has 2 heteroatoms. The van der Waals surface area contributed by atoms with Crippen LogP contribution < -0.4 is 10.1 Å². The normalized spacial score (nSPS) is 12.2. The van der Waals surface area contributed by atoms with Gasteiger partial charge in [-0.2, -0.15) is 0 Å². The van der Waals surface area contributed by atoms with Crippen molar-refractivity contribution in [2.24, 2.45) is 0 Å². The lowest BCUT2D eigenvalue weighted by molar-refractivity contribution is 0.411. The van der Waals surface area contributed by atoms with Gasteiger partial charge in [0.15, 0.2) is 0 Å². The van der Waals surface area contributed by atoms with Crippen LogP contribution in [0.1, 0.15) is 35.2 Å². The molecule has 20 heavy (non-hydrogen) atoms. The van der Waals surface area contributed by atoms with Gasteiger partial charge in [-0.3, -0.25) is 0 Å². The molecule has 2 aromatic rings. The Balaban J connectivity index is 1.97. The third kappa shape index (κ3) is 3.61. The molecule has 0 unspecified atom stereocenters. The highest BCUT2D eigenvalue weighted by atomic mass is 16.5. The van der Waals surface area contributed by atoms with E-state index in [1.165, 1.54) is 22.3 Å². The van der Waals surface area contributed by atoms with Crippen LogP contribution in [0.2, 0.25) is 0 Å². The van der Waals surface area contributed by atoms with Crippen LogP contribution in [0.15, 0.2) is 42.5 Å². The lowest BCUT2D eigenvalue weighted by atomic mass is 10.1. The van der Waals surface area contributed by atoms with Crippen molar-refractivity contribution >= 4 is 0 Å². The summed E-state index contributed by atoms with van der Waals surface area (Å²) in [5.74, 6) is 0.945. The first-order chi connectivity index (χ1) is 9.60. The van der Waals surface area contributed by atoms with Gasteiger partial charge in [0.2, 0.25) is 0 Å². The van der Waals surface area contributed by atoms with Crippen LogP contribution in [-0.2, 0) is 6.54 Å². The van der Waals surface area contributed by atoms with E-state index in [1.54, 1.807) is 7.11 Å². The number of aryl methyl sites for hydroxylation is 2. The van der Waals surface area contributed by atoms with Gasteiger partial charge >= 0.3 is 0 Å². The first-order valence-corrected chi connectivity index (χ1v) is 7.03. The van der Waals surface area contributed by atoms with Gasteiger partial charge in [-0.15, -0.1) is 0 Å². The molecule has 0 aromatic heterocycles. The smallest absolute Gasteiger partial charge is 0.121 e. The average Bonchev–Trinajstić information content (AvgIpc) is 2.45. The van der Waals surface area contributed by atoms with Crippen molar-refractivity contribution in [3.8, 4) is 5.75 Å². The molecule has 2 rings (SSSR count). The third-order valence-electron chi connectivity index (χ3n) is 3.65. The molecule has 0 bridgehead atoms. The molecule has 0 aliphatic heterocycles. The van der Waals surface area contributed by atoms with E-state index in [0.29, 0.717) is 6.04 Å². The summed E-state index contributed by atoms with van der Waals surface area (Å²) in [6, 6.07) is 15.4. The quantitative estimate of drug-likeness (QED) is 0.880. The van der Waals surface area contributed by atoms with Crippen molar-refractivity contribution in [1.82, 2.24) is 5.32 Å². The topological polar surface area (TPSA) is 21.3 Å². The number of hydrogen-bond acceptors (Lipinski definition) is 2. The Morgan fingerprint density at radius 3 is 2.35 bits per heavy atom. The molecule has 0 aliphatic carbocycles. The predicted octanol–water partition coefficient (Wildman–Crippen LogP) is 4.16. The Labute approximate surface area is 121 Å². The monoisotopic (exact) mass is 269 g/mol. The van der Waals surface area contributed by atoms with Crippen LogP contribution in [0.5, 0.6) is 5.75 Å². The predicted molar refractivity (Wildman–Crippen MR) is 84.2 cm³/mol. The molecular weight excluding hydrogens is 246 g/mol. The van der Waals surface area contributed by atoms with E-state index < -0.39 is 0 Å². The van der Waals surface area contributed by atoms with E-state index in [4.69, 9.17) is 4.74 Å². The average molecular weight is 269 g/mol. The molecule has 106 valence electrons. The maximum Gasteiger partial charge on any atom is 0.121 e. The number of benzene rings is 2. The Kier molecular flexibility index (Phi) is 4.80. The minimum Gasteiger partial charge on any atom is -0.496 e. The number of nitrogens with one attached hydrogen (secondary N) is 1. The van der Waals surface area contributed by atoms with Crippen molar-refractivity contribution in [2.45, 2.75) is 33.4 Å². The Bertz CT molecular complexity index is 560. The molecule has 2 aromatic carbocycles. The summed E-state index contributed by atoms with van der Waals surface area (Å²) in [5, 5.41) is 3.56. The molecule has 1 N–H and O–H groups in total. The van der Waals surface area contributed by atoms with E-state index in [2.05, 4.69) is 62.5 Å². The van der Waals surface area contributed by atoms with Gasteiger partial charge < -0.3 is 10.1 Å². The summed E-state index contributed by atoms with van der Waals surface area (Å²) in [6.07, 6.45) is 0. The highest BCUT2D eigenvalue weighted by molar-refractivity contribution is 5.36. The largest absolute Gasteiger partial charge is 0.496 e. The van der Waals surface area contributed by atoms with Crippen molar-refractivity contribution in [1.29, 1.82) is 0 Å². The second-order valence-corrected chi connectivity index (χ2v) is 5.32. The lowest BCUT2D eigenvalue weighted by Crippen LogP contribution is -2.18. The first-order valence-electron chi connectivity index (χ1n) is 7.03. The second-order valence-electron chi connectivity index (χ2n) is 5.32. The van der Waals surface area contributed by atoms with Crippen molar-refractivity contribution in [3.05, 3.63) is 64.7 Å². The van der Waals surface area contributed by atoms with Gasteiger partial charge in [-0.25, -0.2) is 0 Å². The lowest BCUT2D eigenvalue weighted by Gasteiger charge is -2.15. The van der Waals surface area contributed by atoms with Crippen LogP contribution >= 0.6 is 0 Å². The number of rotatable bonds is 5. The molecule has 0 heterocycles. The Hall–Kier alpha value is -1.80. The van der Waals surface area contributed by atoms with Gasteiger partial charge in [-0.05, 0) is 43.5 Å². The number of methoxy groups -OCH3 is 1. The maximum atomic E-state index is 5.29. The Morgan fingerprint density at radius 2 is 1.75 bits per heavy atom. The van der Waals surface area contributed by atoms with Crippen LogP contribution in [0, 0.1) is 13.8 Å². The number of hydrogen-bond donors (Lipinski definition) is 1. The highest BCUT2D eigenvalue weighted by Crippen LogP contribution is 2.19. The van der Waals surface area contributed by atoms with Crippen LogP contribution in [0.25, 0.3) is 0 Å². The van der Waals surface area contributed by atoms with Crippen LogP contribution in [0.3, 0.4) is 0 Å². The molecule has 0 fully saturated rings. The fourth-order valence-corrected chi connectivity index (χ4v) is 2.29. The van der Waals surface area contributed by atoms with Gasteiger partial charge in [0.25, 0.3) is 0 Å². The van der Waals surface area contributed by atoms with Crippen molar-refractivity contribution in [2.75, 3.05) is 7.11 Å². The van der Waals surface area contributed by atoms with Gasteiger partial charge in [0.1, 0.15) is 5.75 Å². The molecule has 0 amide bonds. The van der Waals surface area contributed by atoms with Gasteiger partial charge in [0.05, 0.1) is 7.11 Å². The molecule has 2 nitrogen and oxygen atoms in total. The minimum atomic E-state index is 0.345. The fourth-order valence-electron chi connectivity index (χ4n) is 2.29. The summed E-state index contributed by atoms with van der Waals surface area (Å²) in [6.45, 7) is 7.24. The van der Waals surface area contributed by atoms with E-state index in [1.807, 2.05) is 6.07 Å². The van der Waals surface area contributed by atoms with E-state index >= 15 is 0 Å². The maximum absolute atomic E-state index is 5.29. The van der Waals surface area contributed by atoms with Crippen molar-refractivity contribution in [3.63, 3.8) is 0 Å². The molecule has 0 radical (unpaired) electrons. The van der Waals surface area contributed by atoms with Crippen molar-refractivity contribution < 1.29 is 4.74 Å². The SMILES string of the molecule is COc1ccc(CN[C@@H](C)c2ccc(C)cc2)cc1C. The molecular formula is C18H23NO. The summed E-state index contributed by atoms with van der Waals surface area (Å²) < 4.78 is 5.29. The standard InChI is InChI=1S/C18H23NO/c1-13-5-8-17(9-6-13)15(3)19-12-16-7-10-18(20-4)14(2)11-16/h5-11,15,19H,12H2,1-4H3/t15-/m0/s1. The first kappa shape index (κ1) is 14.6. The fraction of sp³-hybridized carbons (Fsp3) is 0.333. The summed E-state index contributed by atoms with van der Waals surface area (Å²) in [7, 11) is 1.71. The Morgan fingerprint density at radius 1 is 1.05 bits per heavy atom. The summed E-state index contributed by atoms with van der Waals surface area (Å²) >= 11 is 0. The van der Waals surface area contributed by atoms with E-state index in [-0.39, 0.29) is 0 Å². The van der Waals surface area contributed by atoms with Crippen LogP contribution in [0.4, 0.5) is 0 Å². The van der Waals surface area contributed by atoms with Gasteiger partial charge in [0, 0.05) is 12.6 Å². The molecule has 0 spiro atoms. The third-order valence-corrected chi connectivity index (χ3v) is 3.65. The minimum absolute atomic E-state index is 0.345. The zero-order chi connectivity index (χ0) is 14.5. The molecule has 1 atom stereocenters. The second kappa shape index (κ2) is 6.58. The summed E-state index contributed by atoms with van der Waals surface area (Å²) in [5.41, 5.74) is 5.07. The van der Waals surface area contributed by atoms with E-state index in [0.717, 1.165) is 12.3 Å². The number of ether oxygens (including phenoxy) is 1.